The summed E-state index contributed by atoms with van der Waals surface area (Å²) in [4.78, 5) is 0. The topological polar surface area (TPSA) is 25.2 Å². The van der Waals surface area contributed by atoms with E-state index >= 15 is 0 Å². The van der Waals surface area contributed by atoms with Crippen LogP contribution in [-0.2, 0) is 0 Å². The summed E-state index contributed by atoms with van der Waals surface area (Å²) in [6.45, 7) is 6.17. The molecule has 0 aliphatic heterocycles. The van der Waals surface area contributed by atoms with Crippen LogP contribution in [0.3, 0.4) is 0 Å². The Kier molecular flexibility index (Phi) is 2.93. The fraction of sp³-hybridized carbons (Fsp3) is 0.600. The second kappa shape index (κ2) is 3.76. The maximum Gasteiger partial charge on any atom is 0.105 e. The number of hydrogen-bond donors (Lipinski definition) is 1. The molecule has 1 rings (SSSR count). The smallest absolute Gasteiger partial charge is 0.105 e. The molecule has 1 aromatic heterocycles. The summed E-state index contributed by atoms with van der Waals surface area (Å²) in [6, 6.07) is 2.54. The molecule has 0 saturated carbocycles. The minimum atomic E-state index is 0.433. The van der Waals surface area contributed by atoms with Crippen LogP contribution in [0.1, 0.15) is 36.5 Å². The Bertz CT molecular complexity index is 248. The first-order valence-electron chi connectivity index (χ1n) is 4.43. The summed E-state index contributed by atoms with van der Waals surface area (Å²) in [5, 5.41) is 3.26. The van der Waals surface area contributed by atoms with E-state index < -0.39 is 0 Å². The van der Waals surface area contributed by atoms with Crippen LogP contribution in [0.15, 0.2) is 10.5 Å². The third-order valence-corrected chi connectivity index (χ3v) is 2.21. The molecule has 0 fully saturated rings. The summed E-state index contributed by atoms with van der Waals surface area (Å²) in [7, 11) is 1.98. The van der Waals surface area contributed by atoms with E-state index in [1.807, 2.05) is 20.9 Å². The van der Waals surface area contributed by atoms with Gasteiger partial charge in [0.15, 0.2) is 0 Å². The number of hydrogen-bond acceptors (Lipinski definition) is 2. The molecule has 1 heterocycles. The molecule has 1 unspecified atom stereocenters. The summed E-state index contributed by atoms with van der Waals surface area (Å²) in [6.07, 6.45) is 1.09. The van der Waals surface area contributed by atoms with Crippen molar-refractivity contribution in [3.8, 4) is 0 Å². The van der Waals surface area contributed by atoms with Gasteiger partial charge in [-0.05, 0) is 33.4 Å². The van der Waals surface area contributed by atoms with Crippen molar-refractivity contribution in [1.29, 1.82) is 0 Å². The van der Waals surface area contributed by atoms with Gasteiger partial charge in [-0.1, -0.05) is 6.92 Å². The lowest BCUT2D eigenvalue weighted by Crippen LogP contribution is -2.15. The van der Waals surface area contributed by atoms with Crippen LogP contribution in [0.2, 0.25) is 0 Å². The van der Waals surface area contributed by atoms with E-state index in [1.165, 1.54) is 5.56 Å². The zero-order valence-corrected chi connectivity index (χ0v) is 8.27. The predicted molar refractivity (Wildman–Crippen MR) is 50.3 cm³/mol. The van der Waals surface area contributed by atoms with E-state index in [0.717, 1.165) is 17.9 Å². The van der Waals surface area contributed by atoms with Crippen LogP contribution in [-0.4, -0.2) is 7.05 Å². The van der Waals surface area contributed by atoms with Gasteiger partial charge < -0.3 is 9.73 Å². The van der Waals surface area contributed by atoms with Crippen molar-refractivity contribution in [2.24, 2.45) is 0 Å². The highest BCUT2D eigenvalue weighted by molar-refractivity contribution is 5.23. The third kappa shape index (κ3) is 1.69. The van der Waals surface area contributed by atoms with Gasteiger partial charge in [0.2, 0.25) is 0 Å². The van der Waals surface area contributed by atoms with Gasteiger partial charge in [-0.15, -0.1) is 0 Å². The van der Waals surface area contributed by atoms with Crippen LogP contribution < -0.4 is 5.32 Å². The summed E-state index contributed by atoms with van der Waals surface area (Å²) < 4.78 is 5.46. The molecule has 1 aromatic rings. The van der Waals surface area contributed by atoms with E-state index in [1.54, 1.807) is 0 Å². The zero-order valence-electron chi connectivity index (χ0n) is 8.27. The Labute approximate surface area is 74.0 Å². The van der Waals surface area contributed by atoms with Crippen LogP contribution in [0, 0.1) is 13.8 Å². The molecule has 2 nitrogen and oxygen atoms in total. The highest BCUT2D eigenvalue weighted by atomic mass is 16.3. The van der Waals surface area contributed by atoms with Crippen molar-refractivity contribution in [3.63, 3.8) is 0 Å². The zero-order chi connectivity index (χ0) is 9.14. The summed E-state index contributed by atoms with van der Waals surface area (Å²) in [5.74, 6) is 2.03. The lowest BCUT2D eigenvalue weighted by Gasteiger charge is -2.11. The lowest BCUT2D eigenvalue weighted by atomic mass is 10.1. The first-order chi connectivity index (χ1) is 5.69. The monoisotopic (exact) mass is 167 g/mol. The molecule has 0 amide bonds. The second-order valence-corrected chi connectivity index (χ2v) is 3.12. The molecular weight excluding hydrogens is 150 g/mol. The van der Waals surface area contributed by atoms with Gasteiger partial charge in [0, 0.05) is 11.6 Å². The highest BCUT2D eigenvalue weighted by Crippen LogP contribution is 2.23. The number of nitrogens with one attached hydrogen (secondary N) is 1. The van der Waals surface area contributed by atoms with Crippen molar-refractivity contribution < 1.29 is 4.42 Å². The molecule has 68 valence electrons. The van der Waals surface area contributed by atoms with Crippen LogP contribution in [0.4, 0.5) is 0 Å². The molecule has 0 aliphatic carbocycles. The molecule has 12 heavy (non-hydrogen) atoms. The maximum atomic E-state index is 5.46. The Hall–Kier alpha value is -0.760. The van der Waals surface area contributed by atoms with E-state index in [2.05, 4.69) is 18.3 Å². The highest BCUT2D eigenvalue weighted by Gasteiger charge is 2.12. The van der Waals surface area contributed by atoms with E-state index in [9.17, 15) is 0 Å². The molecule has 0 aliphatic rings. The SMILES string of the molecule is CCC(NC)c1cc(C)oc1C. The van der Waals surface area contributed by atoms with Gasteiger partial charge in [0.05, 0.1) is 0 Å². The van der Waals surface area contributed by atoms with Crippen LogP contribution in [0.25, 0.3) is 0 Å². The molecule has 0 aromatic carbocycles. The van der Waals surface area contributed by atoms with Crippen molar-refractivity contribution >= 4 is 0 Å². The quantitative estimate of drug-likeness (QED) is 0.748. The van der Waals surface area contributed by atoms with Gasteiger partial charge >= 0.3 is 0 Å². The van der Waals surface area contributed by atoms with Gasteiger partial charge in [-0.3, -0.25) is 0 Å². The summed E-state index contributed by atoms with van der Waals surface area (Å²) >= 11 is 0. The second-order valence-electron chi connectivity index (χ2n) is 3.12. The van der Waals surface area contributed by atoms with Gasteiger partial charge in [0.25, 0.3) is 0 Å². The molecule has 0 spiro atoms. The Morgan fingerprint density at radius 1 is 1.50 bits per heavy atom. The van der Waals surface area contributed by atoms with Crippen molar-refractivity contribution in [2.75, 3.05) is 7.05 Å². The average molecular weight is 167 g/mol. The Balaban J connectivity index is 2.91. The third-order valence-electron chi connectivity index (χ3n) is 2.21. The predicted octanol–water partition coefficient (Wildman–Crippen LogP) is 2.57. The summed E-state index contributed by atoms with van der Waals surface area (Å²) in [5.41, 5.74) is 1.29. The molecule has 0 saturated heterocycles. The van der Waals surface area contributed by atoms with Gasteiger partial charge in [0.1, 0.15) is 11.5 Å². The normalized spacial score (nSPS) is 13.3. The first kappa shape index (κ1) is 9.33. The van der Waals surface area contributed by atoms with Crippen molar-refractivity contribution in [3.05, 3.63) is 23.2 Å². The van der Waals surface area contributed by atoms with Crippen molar-refractivity contribution in [1.82, 2.24) is 5.32 Å². The van der Waals surface area contributed by atoms with E-state index in [4.69, 9.17) is 4.42 Å². The van der Waals surface area contributed by atoms with E-state index in [-0.39, 0.29) is 0 Å². The van der Waals surface area contributed by atoms with Crippen LogP contribution in [0.5, 0.6) is 0 Å². The fourth-order valence-electron chi connectivity index (χ4n) is 1.58. The lowest BCUT2D eigenvalue weighted by molar-refractivity contribution is 0.488. The minimum absolute atomic E-state index is 0.433. The molecule has 0 bridgehead atoms. The molecule has 0 radical (unpaired) electrons. The van der Waals surface area contributed by atoms with E-state index in [0.29, 0.717) is 6.04 Å². The average Bonchev–Trinajstić information content (AvgIpc) is 2.34. The number of aryl methyl sites for hydroxylation is 2. The molecule has 2 heteroatoms. The molecule has 1 atom stereocenters. The fourth-order valence-corrected chi connectivity index (χ4v) is 1.58. The van der Waals surface area contributed by atoms with Crippen LogP contribution >= 0.6 is 0 Å². The van der Waals surface area contributed by atoms with Gasteiger partial charge in [-0.2, -0.15) is 0 Å². The Morgan fingerprint density at radius 3 is 2.50 bits per heavy atom. The van der Waals surface area contributed by atoms with Crippen molar-refractivity contribution in [2.45, 2.75) is 33.2 Å². The minimum Gasteiger partial charge on any atom is -0.466 e. The largest absolute Gasteiger partial charge is 0.466 e. The Morgan fingerprint density at radius 2 is 2.17 bits per heavy atom. The van der Waals surface area contributed by atoms with Gasteiger partial charge in [-0.25, -0.2) is 0 Å². The molecular formula is C10H17NO. The number of furan rings is 1. The first-order valence-corrected chi connectivity index (χ1v) is 4.43. The number of rotatable bonds is 3. The molecule has 1 N–H and O–H groups in total. The maximum absolute atomic E-state index is 5.46. The standard InChI is InChI=1S/C10H17NO/c1-5-10(11-4)9-6-7(2)12-8(9)3/h6,10-11H,5H2,1-4H3.